The normalized spacial score (nSPS) is 12.2. The Hall–Kier alpha value is -2.74. The molecule has 0 aliphatic heterocycles. The minimum atomic E-state index is -1.14. The molecule has 0 saturated carbocycles. The van der Waals surface area contributed by atoms with Crippen LogP contribution in [-0.4, -0.2) is 29.6 Å². The number of amides is 3. The van der Waals surface area contributed by atoms with Gasteiger partial charge < -0.3 is 10.1 Å². The largest absolute Gasteiger partial charge is 0.448 e. The maximum Gasteiger partial charge on any atom is 0.349 e. The van der Waals surface area contributed by atoms with E-state index < -0.39 is 29.6 Å². The monoisotopic (exact) mass is 392 g/mol. The van der Waals surface area contributed by atoms with Gasteiger partial charge in [0.25, 0.3) is 5.91 Å². The van der Waals surface area contributed by atoms with Crippen molar-refractivity contribution in [3.63, 3.8) is 0 Å². The molecule has 1 aromatic carbocycles. The lowest BCUT2D eigenvalue weighted by atomic mass is 10.1. The first-order valence-corrected chi connectivity index (χ1v) is 9.06. The Bertz CT molecular complexity index is 840. The van der Waals surface area contributed by atoms with Gasteiger partial charge >= 0.3 is 12.0 Å². The molecule has 1 heterocycles. The topological polar surface area (TPSA) is 84.5 Å². The number of esters is 1. The lowest BCUT2D eigenvalue weighted by molar-refractivity contribution is -0.127. The van der Waals surface area contributed by atoms with Crippen molar-refractivity contribution in [3.8, 4) is 10.4 Å². The van der Waals surface area contributed by atoms with Gasteiger partial charge in [0.1, 0.15) is 10.7 Å². The molecule has 0 fully saturated rings. The summed E-state index contributed by atoms with van der Waals surface area (Å²) in [5, 5.41) is 4.71. The zero-order valence-electron chi connectivity index (χ0n) is 15.5. The Morgan fingerprint density at radius 2 is 1.70 bits per heavy atom. The predicted octanol–water partition coefficient (Wildman–Crippen LogP) is 3.72. The molecule has 0 saturated heterocycles. The number of thiophene rings is 1. The first kappa shape index (κ1) is 20.6. The van der Waals surface area contributed by atoms with Gasteiger partial charge in [-0.1, -0.05) is 12.1 Å². The number of rotatable bonds is 4. The molecular formula is C19H21FN2O4S. The van der Waals surface area contributed by atoms with Crippen LogP contribution in [0.25, 0.3) is 10.4 Å². The number of benzene rings is 1. The molecule has 0 bridgehead atoms. The number of hydrogen-bond donors (Lipinski definition) is 2. The highest BCUT2D eigenvalue weighted by atomic mass is 32.1. The zero-order chi connectivity index (χ0) is 20.2. The summed E-state index contributed by atoms with van der Waals surface area (Å²) < 4.78 is 18.1. The summed E-state index contributed by atoms with van der Waals surface area (Å²) in [6.07, 6.45) is -1.14. The Balaban J connectivity index is 1.95. The first-order chi connectivity index (χ1) is 12.5. The third kappa shape index (κ3) is 6.18. The smallest absolute Gasteiger partial charge is 0.349 e. The van der Waals surface area contributed by atoms with Crippen molar-refractivity contribution in [2.45, 2.75) is 39.3 Å². The minimum absolute atomic E-state index is 0.299. The van der Waals surface area contributed by atoms with Crippen molar-refractivity contribution in [2.75, 3.05) is 0 Å². The van der Waals surface area contributed by atoms with Gasteiger partial charge in [0.05, 0.1) is 0 Å². The Kier molecular flexibility index (Phi) is 6.32. The summed E-state index contributed by atoms with van der Waals surface area (Å²) >= 11 is 1.17. The molecule has 2 N–H and O–H groups in total. The Morgan fingerprint density at radius 1 is 1.07 bits per heavy atom. The SMILES string of the molecule is C[C@H](OC(=O)c1ccc(-c2ccc(F)cc2)s1)C(=O)NC(=O)NC(C)(C)C. The van der Waals surface area contributed by atoms with Gasteiger partial charge in [-0.15, -0.1) is 11.3 Å². The van der Waals surface area contributed by atoms with Crippen LogP contribution in [0.1, 0.15) is 37.4 Å². The zero-order valence-corrected chi connectivity index (χ0v) is 16.3. The van der Waals surface area contributed by atoms with Crippen LogP contribution in [0, 0.1) is 5.82 Å². The molecule has 6 nitrogen and oxygen atoms in total. The maximum atomic E-state index is 13.0. The molecule has 8 heteroatoms. The number of nitrogens with one attached hydrogen (secondary N) is 2. The number of urea groups is 1. The lowest BCUT2D eigenvalue weighted by Gasteiger charge is -2.21. The number of imide groups is 1. The summed E-state index contributed by atoms with van der Waals surface area (Å²) in [6.45, 7) is 6.70. The van der Waals surface area contributed by atoms with E-state index >= 15 is 0 Å². The summed E-state index contributed by atoms with van der Waals surface area (Å²) in [5.74, 6) is -1.74. The van der Waals surface area contributed by atoms with E-state index in [-0.39, 0.29) is 5.82 Å². The van der Waals surface area contributed by atoms with Crippen LogP contribution in [0.4, 0.5) is 9.18 Å². The summed E-state index contributed by atoms with van der Waals surface area (Å²) in [6, 6.07) is 8.52. The molecule has 3 amide bonds. The van der Waals surface area contributed by atoms with E-state index in [0.717, 1.165) is 10.4 Å². The van der Waals surface area contributed by atoms with E-state index in [1.54, 1.807) is 45.0 Å². The highest BCUT2D eigenvalue weighted by Crippen LogP contribution is 2.28. The van der Waals surface area contributed by atoms with E-state index in [1.165, 1.54) is 30.4 Å². The minimum Gasteiger partial charge on any atom is -0.448 e. The van der Waals surface area contributed by atoms with Crippen LogP contribution in [0.5, 0.6) is 0 Å². The molecule has 1 atom stereocenters. The Labute approximate surface area is 160 Å². The molecule has 2 aromatic rings. The number of halogens is 1. The van der Waals surface area contributed by atoms with E-state index in [2.05, 4.69) is 10.6 Å². The van der Waals surface area contributed by atoms with Crippen LogP contribution in [0.3, 0.4) is 0 Å². The summed E-state index contributed by atoms with van der Waals surface area (Å²) in [4.78, 5) is 37.0. The first-order valence-electron chi connectivity index (χ1n) is 8.25. The fourth-order valence-corrected chi connectivity index (χ4v) is 2.97. The van der Waals surface area contributed by atoms with Crippen LogP contribution >= 0.6 is 11.3 Å². The third-order valence-electron chi connectivity index (χ3n) is 3.31. The van der Waals surface area contributed by atoms with Crippen LogP contribution < -0.4 is 10.6 Å². The molecule has 0 unspecified atom stereocenters. The van der Waals surface area contributed by atoms with Crippen molar-refractivity contribution in [3.05, 3.63) is 47.1 Å². The van der Waals surface area contributed by atoms with Gasteiger partial charge in [-0.25, -0.2) is 14.0 Å². The molecule has 0 radical (unpaired) electrons. The molecule has 144 valence electrons. The van der Waals surface area contributed by atoms with Gasteiger partial charge in [-0.2, -0.15) is 0 Å². The summed E-state index contributed by atoms with van der Waals surface area (Å²) in [7, 11) is 0. The van der Waals surface area contributed by atoms with Crippen LogP contribution in [0.2, 0.25) is 0 Å². The van der Waals surface area contributed by atoms with E-state index in [1.807, 2.05) is 0 Å². The number of hydrogen-bond acceptors (Lipinski definition) is 5. The predicted molar refractivity (Wildman–Crippen MR) is 101 cm³/mol. The van der Waals surface area contributed by atoms with E-state index in [4.69, 9.17) is 4.74 Å². The van der Waals surface area contributed by atoms with Crippen LogP contribution in [-0.2, 0) is 9.53 Å². The number of carbonyl (C=O) groups is 3. The summed E-state index contributed by atoms with van der Waals surface area (Å²) in [5.41, 5.74) is 0.267. The molecular weight excluding hydrogens is 371 g/mol. The van der Waals surface area contributed by atoms with Gasteiger partial charge in [0, 0.05) is 10.4 Å². The highest BCUT2D eigenvalue weighted by molar-refractivity contribution is 7.17. The molecule has 2 rings (SSSR count). The van der Waals surface area contributed by atoms with Crippen molar-refractivity contribution in [1.82, 2.24) is 10.6 Å². The average Bonchev–Trinajstić information content (AvgIpc) is 3.03. The third-order valence-corrected chi connectivity index (χ3v) is 4.43. The fourth-order valence-electron chi connectivity index (χ4n) is 2.07. The second kappa shape index (κ2) is 8.30. The second-order valence-corrected chi connectivity index (χ2v) is 8.00. The fraction of sp³-hybridized carbons (Fsp3) is 0.316. The maximum absolute atomic E-state index is 13.0. The molecule has 1 aromatic heterocycles. The van der Waals surface area contributed by atoms with Crippen molar-refractivity contribution >= 4 is 29.2 Å². The molecule has 27 heavy (non-hydrogen) atoms. The van der Waals surface area contributed by atoms with Gasteiger partial charge in [0.15, 0.2) is 6.10 Å². The molecule has 0 aliphatic carbocycles. The second-order valence-electron chi connectivity index (χ2n) is 6.91. The van der Waals surface area contributed by atoms with Crippen molar-refractivity contribution in [1.29, 1.82) is 0 Å². The van der Waals surface area contributed by atoms with Crippen LogP contribution in [0.15, 0.2) is 36.4 Å². The molecule has 0 aliphatic rings. The molecule has 0 spiro atoms. The van der Waals surface area contributed by atoms with Gasteiger partial charge in [0.2, 0.25) is 0 Å². The van der Waals surface area contributed by atoms with Gasteiger partial charge in [-0.3, -0.25) is 10.1 Å². The van der Waals surface area contributed by atoms with E-state index in [0.29, 0.717) is 4.88 Å². The van der Waals surface area contributed by atoms with E-state index in [9.17, 15) is 18.8 Å². The van der Waals surface area contributed by atoms with Crippen molar-refractivity contribution < 1.29 is 23.5 Å². The number of carbonyl (C=O) groups excluding carboxylic acids is 3. The number of ether oxygens (including phenoxy) is 1. The lowest BCUT2D eigenvalue weighted by Crippen LogP contribution is -2.50. The standard InChI is InChI=1S/C19H21FN2O4S/c1-11(16(23)21-18(25)22-19(2,3)4)26-17(24)15-10-9-14(27-15)12-5-7-13(20)8-6-12/h5-11H,1-4H3,(H2,21,22,23,25)/t11-/m0/s1. The van der Waals surface area contributed by atoms with Gasteiger partial charge in [-0.05, 0) is 57.5 Å². The van der Waals surface area contributed by atoms with Crippen molar-refractivity contribution in [2.24, 2.45) is 0 Å². The highest BCUT2D eigenvalue weighted by Gasteiger charge is 2.23. The quantitative estimate of drug-likeness (QED) is 0.777. The Morgan fingerprint density at radius 3 is 2.30 bits per heavy atom. The average molecular weight is 392 g/mol.